The Morgan fingerprint density at radius 3 is 3.14 bits per heavy atom. The van der Waals surface area contributed by atoms with Gasteiger partial charge in [0, 0.05) is 18.5 Å². The molecule has 0 amide bonds. The van der Waals surface area contributed by atoms with E-state index in [2.05, 4.69) is 20.5 Å². The van der Waals surface area contributed by atoms with Crippen LogP contribution in [0.1, 0.15) is 12.8 Å². The highest BCUT2D eigenvalue weighted by atomic mass is 32.1. The van der Waals surface area contributed by atoms with Crippen LogP contribution in [-0.2, 0) is 4.74 Å². The lowest BCUT2D eigenvalue weighted by Crippen LogP contribution is -2.29. The number of aromatic amines is 1. The molecule has 0 bridgehead atoms. The van der Waals surface area contributed by atoms with Crippen LogP contribution in [0.25, 0.3) is 10.9 Å². The number of fused-ring (bicyclic) bond motifs is 1. The van der Waals surface area contributed by atoms with E-state index < -0.39 is 0 Å². The summed E-state index contributed by atoms with van der Waals surface area (Å²) in [5.74, 6) is -0.0122. The van der Waals surface area contributed by atoms with E-state index in [1.807, 2.05) is 24.3 Å². The number of thiocarbonyl (C=S) groups is 1. The number of benzene rings is 1. The molecule has 0 saturated carbocycles. The van der Waals surface area contributed by atoms with Crippen molar-refractivity contribution in [1.82, 2.24) is 10.3 Å². The predicted octanol–water partition coefficient (Wildman–Crippen LogP) is 3.01. The van der Waals surface area contributed by atoms with Gasteiger partial charge in [-0.2, -0.15) is 0 Å². The van der Waals surface area contributed by atoms with Gasteiger partial charge in [-0.25, -0.2) is 0 Å². The smallest absolute Gasteiger partial charge is 0.218 e. The molecule has 0 radical (unpaired) electrons. The van der Waals surface area contributed by atoms with Crippen molar-refractivity contribution < 1.29 is 9.84 Å². The van der Waals surface area contributed by atoms with Crippen LogP contribution in [0.4, 0.5) is 5.69 Å². The summed E-state index contributed by atoms with van der Waals surface area (Å²) in [5.41, 5.74) is 1.20. The highest BCUT2D eigenvalue weighted by Gasteiger charge is 2.15. The number of para-hydroxylation sites is 1. The van der Waals surface area contributed by atoms with Crippen molar-refractivity contribution in [3.8, 4) is 5.88 Å². The minimum Gasteiger partial charge on any atom is -0.493 e. The third-order valence-electron chi connectivity index (χ3n) is 3.41. The average molecular weight is 304 g/mol. The first kappa shape index (κ1) is 14.0. The number of ether oxygens (including phenoxy) is 1. The van der Waals surface area contributed by atoms with E-state index in [4.69, 9.17) is 17.0 Å². The molecule has 3 N–H and O–H groups in total. The Morgan fingerprint density at radius 2 is 2.33 bits per heavy atom. The molecule has 0 unspecified atom stereocenters. The fraction of sp³-hybridized carbons (Fsp3) is 0.357. The Hall–Kier alpha value is -1.99. The summed E-state index contributed by atoms with van der Waals surface area (Å²) < 4.78 is 5.49. The van der Waals surface area contributed by atoms with Crippen LogP contribution < -0.4 is 5.32 Å². The molecule has 1 aromatic carbocycles. The Bertz CT molecular complexity index is 677. The van der Waals surface area contributed by atoms with Gasteiger partial charge in [-0.1, -0.05) is 18.2 Å². The molecule has 1 saturated heterocycles. The van der Waals surface area contributed by atoms with Crippen molar-refractivity contribution in [2.24, 2.45) is 10.2 Å². The summed E-state index contributed by atoms with van der Waals surface area (Å²) in [6, 6.07) is 7.49. The van der Waals surface area contributed by atoms with Crippen molar-refractivity contribution in [3.63, 3.8) is 0 Å². The Kier molecular flexibility index (Phi) is 4.12. The number of rotatable bonds is 3. The topological polar surface area (TPSA) is 82.0 Å². The number of aromatic hydroxyl groups is 1. The van der Waals surface area contributed by atoms with Gasteiger partial charge < -0.3 is 20.1 Å². The summed E-state index contributed by atoms with van der Waals surface area (Å²) in [4.78, 5) is 2.85. The standard InChI is InChI=1S/C14H16N4O2S/c19-13-12(10-5-1-2-6-11(10)16-13)17-18-14(21)15-8-9-4-3-7-20-9/h1-2,5-6,9,16,19H,3-4,7-8H2,(H,15,21)/t9-/m0/s1. The molecule has 0 spiro atoms. The molecule has 1 atom stereocenters. The zero-order valence-corrected chi connectivity index (χ0v) is 12.2. The molecule has 0 aliphatic carbocycles. The van der Waals surface area contributed by atoms with E-state index >= 15 is 0 Å². The van der Waals surface area contributed by atoms with Gasteiger partial charge in [0.2, 0.25) is 11.0 Å². The first-order valence-corrected chi connectivity index (χ1v) is 7.25. The zero-order valence-electron chi connectivity index (χ0n) is 11.4. The van der Waals surface area contributed by atoms with Gasteiger partial charge in [-0.05, 0) is 31.1 Å². The van der Waals surface area contributed by atoms with Gasteiger partial charge in [-0.3, -0.25) is 0 Å². The molecule has 110 valence electrons. The molecule has 21 heavy (non-hydrogen) atoms. The molecule has 1 aliphatic heterocycles. The number of aromatic nitrogens is 1. The van der Waals surface area contributed by atoms with Crippen molar-refractivity contribution in [2.45, 2.75) is 18.9 Å². The Morgan fingerprint density at radius 1 is 1.48 bits per heavy atom. The van der Waals surface area contributed by atoms with E-state index in [-0.39, 0.29) is 17.1 Å². The van der Waals surface area contributed by atoms with E-state index in [1.165, 1.54) is 0 Å². The van der Waals surface area contributed by atoms with E-state index in [9.17, 15) is 5.11 Å². The predicted molar refractivity (Wildman–Crippen MR) is 84.1 cm³/mol. The molecule has 1 fully saturated rings. The van der Waals surface area contributed by atoms with Crippen LogP contribution in [0.3, 0.4) is 0 Å². The molecule has 2 heterocycles. The summed E-state index contributed by atoms with van der Waals surface area (Å²) >= 11 is 5.11. The first-order chi connectivity index (χ1) is 10.2. The third-order valence-corrected chi connectivity index (χ3v) is 3.63. The Labute approximate surface area is 127 Å². The highest BCUT2D eigenvalue weighted by Crippen LogP contribution is 2.35. The third kappa shape index (κ3) is 3.20. The summed E-state index contributed by atoms with van der Waals surface area (Å²) in [6.07, 6.45) is 2.32. The lowest BCUT2D eigenvalue weighted by atomic mass is 10.2. The van der Waals surface area contributed by atoms with E-state index in [1.54, 1.807) is 0 Å². The quantitative estimate of drug-likeness (QED) is 0.601. The number of hydrogen-bond donors (Lipinski definition) is 3. The van der Waals surface area contributed by atoms with Gasteiger partial charge in [0.05, 0.1) is 11.6 Å². The molecule has 1 aromatic heterocycles. The largest absolute Gasteiger partial charge is 0.493 e. The van der Waals surface area contributed by atoms with Crippen LogP contribution in [-0.4, -0.2) is 34.5 Å². The van der Waals surface area contributed by atoms with Gasteiger partial charge in [-0.15, -0.1) is 10.2 Å². The van der Waals surface area contributed by atoms with Crippen molar-refractivity contribution in [3.05, 3.63) is 24.3 Å². The lowest BCUT2D eigenvalue weighted by Gasteiger charge is -2.09. The van der Waals surface area contributed by atoms with Gasteiger partial charge >= 0.3 is 0 Å². The van der Waals surface area contributed by atoms with Gasteiger partial charge in [0.1, 0.15) is 0 Å². The van der Waals surface area contributed by atoms with Crippen LogP contribution in [0.5, 0.6) is 5.88 Å². The minimum absolute atomic E-state index is 0.0122. The van der Waals surface area contributed by atoms with Crippen LogP contribution in [0, 0.1) is 0 Å². The molecule has 7 heteroatoms. The molecule has 2 aromatic rings. The highest BCUT2D eigenvalue weighted by molar-refractivity contribution is 7.80. The number of nitrogens with zero attached hydrogens (tertiary/aromatic N) is 2. The Balaban J connectivity index is 1.66. The molecular weight excluding hydrogens is 288 g/mol. The normalized spacial score (nSPS) is 18.6. The molecule has 6 nitrogen and oxygen atoms in total. The molecule has 1 aliphatic rings. The van der Waals surface area contributed by atoms with Crippen molar-refractivity contribution in [2.75, 3.05) is 13.2 Å². The number of azo groups is 1. The lowest BCUT2D eigenvalue weighted by molar-refractivity contribution is 0.114. The average Bonchev–Trinajstić information content (AvgIpc) is 3.10. The maximum Gasteiger partial charge on any atom is 0.218 e. The zero-order chi connectivity index (χ0) is 14.7. The van der Waals surface area contributed by atoms with E-state index in [0.717, 1.165) is 30.4 Å². The summed E-state index contributed by atoms with van der Waals surface area (Å²) in [7, 11) is 0. The second-order valence-corrected chi connectivity index (χ2v) is 5.28. The maximum atomic E-state index is 9.86. The second-order valence-electron chi connectivity index (χ2n) is 4.89. The fourth-order valence-corrected chi connectivity index (χ4v) is 2.48. The monoisotopic (exact) mass is 304 g/mol. The first-order valence-electron chi connectivity index (χ1n) is 6.85. The SMILES string of the molecule is Oc1[nH]c2ccccc2c1N=NC(=S)NC[C@@H]1CCCO1. The van der Waals surface area contributed by atoms with Crippen LogP contribution in [0.15, 0.2) is 34.5 Å². The van der Waals surface area contributed by atoms with Crippen LogP contribution >= 0.6 is 12.2 Å². The van der Waals surface area contributed by atoms with E-state index in [0.29, 0.717) is 12.2 Å². The molecular formula is C14H16N4O2S. The minimum atomic E-state index is -0.0122. The number of nitrogens with one attached hydrogen (secondary N) is 2. The summed E-state index contributed by atoms with van der Waals surface area (Å²) in [6.45, 7) is 1.45. The number of hydrogen-bond acceptors (Lipinski definition) is 4. The maximum absolute atomic E-state index is 9.86. The summed E-state index contributed by atoms with van der Waals surface area (Å²) in [5, 5.41) is 21.9. The van der Waals surface area contributed by atoms with Gasteiger partial charge in [0.15, 0.2) is 5.69 Å². The number of H-pyrrole nitrogens is 1. The van der Waals surface area contributed by atoms with Crippen molar-refractivity contribution >= 4 is 33.9 Å². The second kappa shape index (κ2) is 6.19. The van der Waals surface area contributed by atoms with Crippen molar-refractivity contribution in [1.29, 1.82) is 0 Å². The van der Waals surface area contributed by atoms with Gasteiger partial charge in [0.25, 0.3) is 0 Å². The fourth-order valence-electron chi connectivity index (χ4n) is 2.35. The molecule has 3 rings (SSSR count). The van der Waals surface area contributed by atoms with Crippen LogP contribution in [0.2, 0.25) is 0 Å².